The van der Waals surface area contributed by atoms with E-state index in [0.29, 0.717) is 46.0 Å². The van der Waals surface area contributed by atoms with Gasteiger partial charge in [0, 0.05) is 17.0 Å². The van der Waals surface area contributed by atoms with E-state index in [1.807, 2.05) is 26.0 Å². The molecule has 1 aliphatic heterocycles. The Morgan fingerprint density at radius 2 is 2.03 bits per heavy atom. The number of ether oxygens (including phenoxy) is 3. The molecule has 0 saturated heterocycles. The van der Waals surface area contributed by atoms with Crippen molar-refractivity contribution in [2.75, 3.05) is 24.3 Å². The Bertz CT molecular complexity index is 1360. The van der Waals surface area contributed by atoms with E-state index in [4.69, 9.17) is 19.3 Å². The summed E-state index contributed by atoms with van der Waals surface area (Å²) < 4.78 is 33.1. The SMILES string of the molecule is C=CCOC(=O)C1=C(C)Nc2nc(SCCCC)nn2C1c1ccc(OCc2ccccc2F)c(OCC)c1. The number of hydrogen-bond donors (Lipinski definition) is 1. The monoisotopic (exact) mass is 552 g/mol. The summed E-state index contributed by atoms with van der Waals surface area (Å²) in [6, 6.07) is 11.3. The standard InChI is InChI=1S/C29H33FN4O4S/c1-5-8-16-39-29-32-28-31-19(4)25(27(35)37-15-6-2)26(34(28)33-29)20-13-14-23(24(17-20)36-7-3)38-18-21-11-9-10-12-22(21)30/h6,9-14,17,26H,2,5,7-8,15-16,18H2,1,3-4H3,(H,31,32,33). The molecule has 1 N–H and O–H groups in total. The zero-order chi connectivity index (χ0) is 27.8. The zero-order valence-corrected chi connectivity index (χ0v) is 23.2. The number of aromatic nitrogens is 3. The lowest BCUT2D eigenvalue weighted by Crippen LogP contribution is -2.29. The van der Waals surface area contributed by atoms with E-state index >= 15 is 0 Å². The summed E-state index contributed by atoms with van der Waals surface area (Å²) in [7, 11) is 0. The van der Waals surface area contributed by atoms with E-state index in [-0.39, 0.29) is 19.0 Å². The molecule has 0 amide bonds. The summed E-state index contributed by atoms with van der Waals surface area (Å²) in [6.45, 7) is 9.98. The van der Waals surface area contributed by atoms with Crippen LogP contribution in [0, 0.1) is 5.82 Å². The maximum atomic E-state index is 14.1. The average molecular weight is 553 g/mol. The number of benzene rings is 2. The molecule has 206 valence electrons. The van der Waals surface area contributed by atoms with Gasteiger partial charge in [0.1, 0.15) is 25.1 Å². The Hall–Kier alpha value is -3.79. The molecule has 0 spiro atoms. The third-order valence-electron chi connectivity index (χ3n) is 6.04. The third kappa shape index (κ3) is 6.62. The van der Waals surface area contributed by atoms with Crippen LogP contribution in [0.3, 0.4) is 0 Å². The smallest absolute Gasteiger partial charge is 0.338 e. The van der Waals surface area contributed by atoms with Crippen molar-refractivity contribution < 1.29 is 23.4 Å². The summed E-state index contributed by atoms with van der Waals surface area (Å²) in [4.78, 5) is 17.9. The number of fused-ring (bicyclic) bond motifs is 1. The number of nitrogens with one attached hydrogen (secondary N) is 1. The topological polar surface area (TPSA) is 87.5 Å². The van der Waals surface area contributed by atoms with Crippen LogP contribution in [-0.4, -0.2) is 39.7 Å². The molecule has 8 nitrogen and oxygen atoms in total. The lowest BCUT2D eigenvalue weighted by molar-refractivity contribution is -0.138. The maximum absolute atomic E-state index is 14.1. The van der Waals surface area contributed by atoms with E-state index in [2.05, 4.69) is 23.8 Å². The average Bonchev–Trinajstić information content (AvgIpc) is 3.33. The van der Waals surface area contributed by atoms with Crippen molar-refractivity contribution in [2.45, 2.75) is 51.4 Å². The highest BCUT2D eigenvalue weighted by atomic mass is 32.2. The Morgan fingerprint density at radius 1 is 1.21 bits per heavy atom. The summed E-state index contributed by atoms with van der Waals surface area (Å²) in [5, 5.41) is 8.58. The first-order valence-electron chi connectivity index (χ1n) is 12.9. The largest absolute Gasteiger partial charge is 0.490 e. The summed E-state index contributed by atoms with van der Waals surface area (Å²) in [5.41, 5.74) is 2.20. The molecule has 2 aromatic carbocycles. The van der Waals surface area contributed by atoms with Crippen LogP contribution >= 0.6 is 11.8 Å². The van der Waals surface area contributed by atoms with Gasteiger partial charge in [0.05, 0.1) is 12.2 Å². The molecule has 3 aromatic rings. The van der Waals surface area contributed by atoms with Gasteiger partial charge in [-0.05, 0) is 44.0 Å². The van der Waals surface area contributed by atoms with Crippen LogP contribution in [0.15, 0.2) is 71.5 Å². The first-order chi connectivity index (χ1) is 19.0. The van der Waals surface area contributed by atoms with Crippen LogP contribution in [-0.2, 0) is 16.1 Å². The fourth-order valence-corrected chi connectivity index (χ4v) is 5.05. The van der Waals surface area contributed by atoms with Gasteiger partial charge in [-0.25, -0.2) is 13.9 Å². The molecule has 0 fully saturated rings. The molecule has 1 unspecified atom stereocenters. The van der Waals surface area contributed by atoms with E-state index in [1.54, 1.807) is 40.7 Å². The van der Waals surface area contributed by atoms with E-state index in [9.17, 15) is 9.18 Å². The first kappa shape index (κ1) is 28.2. The Kier molecular flexibility index (Phi) is 9.64. The number of hydrogen-bond acceptors (Lipinski definition) is 8. The molecule has 39 heavy (non-hydrogen) atoms. The van der Waals surface area contributed by atoms with Gasteiger partial charge in [-0.2, -0.15) is 4.98 Å². The number of nitrogens with zero attached hydrogens (tertiary/aromatic N) is 3. The van der Waals surface area contributed by atoms with Crippen LogP contribution < -0.4 is 14.8 Å². The van der Waals surface area contributed by atoms with Crippen molar-refractivity contribution in [3.63, 3.8) is 0 Å². The minimum Gasteiger partial charge on any atom is -0.490 e. The first-order valence-corrected chi connectivity index (χ1v) is 13.9. The predicted octanol–water partition coefficient (Wildman–Crippen LogP) is 6.31. The summed E-state index contributed by atoms with van der Waals surface area (Å²) >= 11 is 1.57. The quantitative estimate of drug-likeness (QED) is 0.114. The predicted molar refractivity (Wildman–Crippen MR) is 150 cm³/mol. The molecule has 10 heteroatoms. The highest BCUT2D eigenvalue weighted by Gasteiger charge is 2.35. The molecule has 1 aromatic heterocycles. The van der Waals surface area contributed by atoms with Crippen molar-refractivity contribution in [3.8, 4) is 11.5 Å². The van der Waals surface area contributed by atoms with Crippen molar-refractivity contribution in [2.24, 2.45) is 0 Å². The second-order valence-electron chi connectivity index (χ2n) is 8.84. The van der Waals surface area contributed by atoms with Gasteiger partial charge in [-0.15, -0.1) is 5.10 Å². The zero-order valence-electron chi connectivity index (χ0n) is 22.4. The second kappa shape index (κ2) is 13.3. The number of anilines is 1. The Morgan fingerprint density at radius 3 is 2.77 bits per heavy atom. The summed E-state index contributed by atoms with van der Waals surface area (Å²) in [6.07, 6.45) is 3.65. The lowest BCUT2D eigenvalue weighted by Gasteiger charge is -2.28. The van der Waals surface area contributed by atoms with E-state index in [0.717, 1.165) is 24.2 Å². The molecule has 2 heterocycles. The number of rotatable bonds is 13. The van der Waals surface area contributed by atoms with Gasteiger partial charge >= 0.3 is 5.97 Å². The van der Waals surface area contributed by atoms with Crippen molar-refractivity contribution in [3.05, 3.63) is 83.3 Å². The normalized spacial score (nSPS) is 14.4. The van der Waals surface area contributed by atoms with Crippen LogP contribution in [0.4, 0.5) is 10.3 Å². The van der Waals surface area contributed by atoms with Crippen LogP contribution in [0.5, 0.6) is 11.5 Å². The van der Waals surface area contributed by atoms with Crippen LogP contribution in [0.25, 0.3) is 0 Å². The molecule has 0 saturated carbocycles. The molecular formula is C29H33FN4O4S. The number of halogens is 1. The van der Waals surface area contributed by atoms with Crippen molar-refractivity contribution in [1.82, 2.24) is 14.8 Å². The molecule has 0 bridgehead atoms. The number of allylic oxidation sites excluding steroid dienone is 1. The fourth-order valence-electron chi connectivity index (χ4n) is 4.14. The van der Waals surface area contributed by atoms with Gasteiger partial charge in [-0.3, -0.25) is 0 Å². The van der Waals surface area contributed by atoms with Gasteiger partial charge in [0.25, 0.3) is 0 Å². The summed E-state index contributed by atoms with van der Waals surface area (Å²) in [5.74, 6) is 1.55. The fraction of sp³-hybridized carbons (Fsp3) is 0.345. The number of thioether (sulfide) groups is 1. The Labute approximate surface area is 232 Å². The number of carbonyl (C=O) groups excluding carboxylic acids is 1. The molecule has 1 aliphatic rings. The maximum Gasteiger partial charge on any atom is 0.338 e. The van der Waals surface area contributed by atoms with Crippen molar-refractivity contribution in [1.29, 1.82) is 0 Å². The molecule has 0 radical (unpaired) electrons. The van der Waals surface area contributed by atoms with E-state index < -0.39 is 12.0 Å². The molecular weight excluding hydrogens is 519 g/mol. The van der Waals surface area contributed by atoms with Crippen LogP contribution in [0.1, 0.15) is 50.8 Å². The van der Waals surface area contributed by atoms with Crippen LogP contribution in [0.2, 0.25) is 0 Å². The highest BCUT2D eigenvalue weighted by molar-refractivity contribution is 7.99. The number of unbranched alkanes of at least 4 members (excludes halogenated alkanes) is 1. The number of esters is 1. The lowest BCUT2D eigenvalue weighted by atomic mass is 9.95. The molecule has 4 rings (SSSR count). The number of carbonyl (C=O) groups is 1. The van der Waals surface area contributed by atoms with Gasteiger partial charge < -0.3 is 19.5 Å². The second-order valence-corrected chi connectivity index (χ2v) is 9.90. The Balaban J connectivity index is 1.72. The molecule has 0 aliphatic carbocycles. The van der Waals surface area contributed by atoms with E-state index in [1.165, 1.54) is 12.1 Å². The third-order valence-corrected chi connectivity index (χ3v) is 6.96. The van der Waals surface area contributed by atoms with Gasteiger partial charge in [0.15, 0.2) is 11.5 Å². The minimum absolute atomic E-state index is 0.0448. The van der Waals surface area contributed by atoms with Crippen molar-refractivity contribution >= 4 is 23.7 Å². The highest BCUT2D eigenvalue weighted by Crippen LogP contribution is 2.40. The minimum atomic E-state index is -0.619. The van der Waals surface area contributed by atoms with Gasteiger partial charge in [0.2, 0.25) is 11.1 Å². The van der Waals surface area contributed by atoms with Gasteiger partial charge in [-0.1, -0.05) is 62.0 Å². The molecule has 1 atom stereocenters.